The van der Waals surface area contributed by atoms with Crippen LogP contribution in [-0.2, 0) is 11.2 Å². The van der Waals surface area contributed by atoms with E-state index in [1.54, 1.807) is 7.11 Å². The van der Waals surface area contributed by atoms with E-state index in [4.69, 9.17) is 16.3 Å². The van der Waals surface area contributed by atoms with Crippen molar-refractivity contribution >= 4 is 17.5 Å². The van der Waals surface area contributed by atoms with Gasteiger partial charge in [0.1, 0.15) is 5.75 Å². The smallest absolute Gasteiger partial charge is 0.224 e. The zero-order valence-corrected chi connectivity index (χ0v) is 12.7. The van der Waals surface area contributed by atoms with Gasteiger partial charge in [0.2, 0.25) is 5.91 Å². The van der Waals surface area contributed by atoms with E-state index in [-0.39, 0.29) is 11.9 Å². The molecule has 2 atom stereocenters. The van der Waals surface area contributed by atoms with Gasteiger partial charge in [-0.3, -0.25) is 4.79 Å². The van der Waals surface area contributed by atoms with E-state index in [0.717, 1.165) is 24.2 Å². The Bertz CT molecular complexity index is 433. The molecule has 0 heterocycles. The number of amides is 1. The lowest BCUT2D eigenvalue weighted by Crippen LogP contribution is -2.43. The molecular weight excluding hydrogens is 274 g/mol. The predicted molar refractivity (Wildman–Crippen MR) is 81.3 cm³/mol. The SMILES string of the molecule is COc1ccc(CC(=O)NC2CCCCC2CCl)cc1. The lowest BCUT2D eigenvalue weighted by atomic mass is 9.85. The largest absolute Gasteiger partial charge is 0.497 e. The summed E-state index contributed by atoms with van der Waals surface area (Å²) in [5.41, 5.74) is 1.00. The minimum atomic E-state index is 0.0807. The fraction of sp³-hybridized carbons (Fsp3) is 0.562. The van der Waals surface area contributed by atoms with Crippen LogP contribution in [0.1, 0.15) is 31.2 Å². The van der Waals surface area contributed by atoms with Crippen molar-refractivity contribution in [2.75, 3.05) is 13.0 Å². The third-order valence-corrected chi connectivity index (χ3v) is 4.37. The van der Waals surface area contributed by atoms with Gasteiger partial charge in [0.25, 0.3) is 0 Å². The predicted octanol–water partition coefficient (Wildman–Crippen LogP) is 3.15. The first-order valence-corrected chi connectivity index (χ1v) is 7.74. The molecule has 1 fully saturated rings. The van der Waals surface area contributed by atoms with E-state index >= 15 is 0 Å². The Hall–Kier alpha value is -1.22. The van der Waals surface area contributed by atoms with Crippen molar-refractivity contribution in [3.63, 3.8) is 0 Å². The van der Waals surface area contributed by atoms with Crippen LogP contribution in [0.15, 0.2) is 24.3 Å². The molecule has 1 amide bonds. The van der Waals surface area contributed by atoms with E-state index in [9.17, 15) is 4.79 Å². The first-order chi connectivity index (χ1) is 9.72. The Kier molecular flexibility index (Phi) is 5.72. The Labute approximate surface area is 125 Å². The van der Waals surface area contributed by atoms with Crippen molar-refractivity contribution < 1.29 is 9.53 Å². The topological polar surface area (TPSA) is 38.3 Å². The number of carbonyl (C=O) groups excluding carboxylic acids is 1. The van der Waals surface area contributed by atoms with Crippen LogP contribution in [0.4, 0.5) is 0 Å². The number of carbonyl (C=O) groups is 1. The quantitative estimate of drug-likeness (QED) is 0.848. The molecule has 20 heavy (non-hydrogen) atoms. The molecule has 0 aliphatic heterocycles. The Morgan fingerprint density at radius 3 is 2.65 bits per heavy atom. The van der Waals surface area contributed by atoms with Crippen LogP contribution < -0.4 is 10.1 Å². The summed E-state index contributed by atoms with van der Waals surface area (Å²) < 4.78 is 5.11. The van der Waals surface area contributed by atoms with Crippen molar-refractivity contribution in [1.82, 2.24) is 5.32 Å². The maximum absolute atomic E-state index is 12.1. The number of ether oxygens (including phenoxy) is 1. The second-order valence-corrected chi connectivity index (χ2v) is 5.71. The first-order valence-electron chi connectivity index (χ1n) is 7.21. The van der Waals surface area contributed by atoms with E-state index in [1.165, 1.54) is 12.8 Å². The first kappa shape index (κ1) is 15.2. The summed E-state index contributed by atoms with van der Waals surface area (Å²) in [6, 6.07) is 7.86. The summed E-state index contributed by atoms with van der Waals surface area (Å²) in [4.78, 5) is 12.1. The summed E-state index contributed by atoms with van der Waals surface area (Å²) in [5.74, 6) is 1.94. The maximum Gasteiger partial charge on any atom is 0.224 e. The lowest BCUT2D eigenvalue weighted by molar-refractivity contribution is -0.121. The molecule has 2 rings (SSSR count). The number of alkyl halides is 1. The molecular formula is C16H22ClNO2. The minimum absolute atomic E-state index is 0.0807. The van der Waals surface area contributed by atoms with Crippen molar-refractivity contribution in [2.24, 2.45) is 5.92 Å². The van der Waals surface area contributed by atoms with Gasteiger partial charge in [-0.15, -0.1) is 11.6 Å². The van der Waals surface area contributed by atoms with Gasteiger partial charge in [-0.1, -0.05) is 25.0 Å². The van der Waals surface area contributed by atoms with Gasteiger partial charge in [-0.2, -0.15) is 0 Å². The third kappa shape index (κ3) is 4.14. The molecule has 1 saturated carbocycles. The van der Waals surface area contributed by atoms with Crippen molar-refractivity contribution in [1.29, 1.82) is 0 Å². The maximum atomic E-state index is 12.1. The zero-order chi connectivity index (χ0) is 14.4. The Balaban J connectivity index is 1.87. The van der Waals surface area contributed by atoms with Crippen LogP contribution >= 0.6 is 11.6 Å². The van der Waals surface area contributed by atoms with E-state index in [2.05, 4.69) is 5.32 Å². The van der Waals surface area contributed by atoms with Gasteiger partial charge in [0.15, 0.2) is 0 Å². The van der Waals surface area contributed by atoms with Crippen LogP contribution in [0.3, 0.4) is 0 Å². The molecule has 1 aromatic carbocycles. The van der Waals surface area contributed by atoms with Gasteiger partial charge < -0.3 is 10.1 Å². The molecule has 4 heteroatoms. The highest BCUT2D eigenvalue weighted by atomic mass is 35.5. The highest BCUT2D eigenvalue weighted by molar-refractivity contribution is 6.18. The van der Waals surface area contributed by atoms with Crippen LogP contribution in [0.25, 0.3) is 0 Å². The van der Waals surface area contributed by atoms with Gasteiger partial charge in [0.05, 0.1) is 13.5 Å². The molecule has 3 nitrogen and oxygen atoms in total. The summed E-state index contributed by atoms with van der Waals surface area (Å²) in [5, 5.41) is 3.14. The lowest BCUT2D eigenvalue weighted by Gasteiger charge is -2.30. The highest BCUT2D eigenvalue weighted by Crippen LogP contribution is 2.25. The fourth-order valence-corrected chi connectivity index (χ4v) is 3.14. The molecule has 0 radical (unpaired) electrons. The average Bonchev–Trinajstić information content (AvgIpc) is 2.48. The highest BCUT2D eigenvalue weighted by Gasteiger charge is 2.25. The number of nitrogens with one attached hydrogen (secondary N) is 1. The molecule has 0 aromatic heterocycles. The summed E-state index contributed by atoms with van der Waals surface area (Å²) >= 11 is 5.99. The van der Waals surface area contributed by atoms with Crippen molar-refractivity contribution in [3.05, 3.63) is 29.8 Å². The van der Waals surface area contributed by atoms with E-state index < -0.39 is 0 Å². The van der Waals surface area contributed by atoms with Gasteiger partial charge in [-0.25, -0.2) is 0 Å². The van der Waals surface area contributed by atoms with E-state index in [0.29, 0.717) is 18.2 Å². The third-order valence-electron chi connectivity index (χ3n) is 3.98. The molecule has 110 valence electrons. The zero-order valence-electron chi connectivity index (χ0n) is 11.9. The number of halogens is 1. The number of hydrogen-bond donors (Lipinski definition) is 1. The Morgan fingerprint density at radius 1 is 1.30 bits per heavy atom. The van der Waals surface area contributed by atoms with Crippen LogP contribution in [0.2, 0.25) is 0 Å². The molecule has 0 spiro atoms. The standard InChI is InChI=1S/C16H22ClNO2/c1-20-14-8-6-12(7-9-14)10-16(19)18-15-5-3-2-4-13(15)11-17/h6-9,13,15H,2-5,10-11H2,1H3,(H,18,19). The van der Waals surface area contributed by atoms with Gasteiger partial charge >= 0.3 is 0 Å². The van der Waals surface area contributed by atoms with Crippen molar-refractivity contribution in [3.8, 4) is 5.75 Å². The molecule has 2 unspecified atom stereocenters. The molecule has 1 N–H and O–H groups in total. The molecule has 0 saturated heterocycles. The summed E-state index contributed by atoms with van der Waals surface area (Å²) in [6.07, 6.45) is 4.99. The van der Waals surface area contributed by atoms with Gasteiger partial charge in [-0.05, 0) is 36.5 Å². The fourth-order valence-electron chi connectivity index (χ4n) is 2.77. The second-order valence-electron chi connectivity index (χ2n) is 5.40. The van der Waals surface area contributed by atoms with E-state index in [1.807, 2.05) is 24.3 Å². The minimum Gasteiger partial charge on any atom is -0.497 e. The number of rotatable bonds is 5. The summed E-state index contributed by atoms with van der Waals surface area (Å²) in [7, 11) is 1.64. The average molecular weight is 296 g/mol. The van der Waals surface area contributed by atoms with Crippen LogP contribution in [0, 0.1) is 5.92 Å². The number of benzene rings is 1. The normalized spacial score (nSPS) is 22.3. The molecule has 0 bridgehead atoms. The molecule has 1 aromatic rings. The number of methoxy groups -OCH3 is 1. The van der Waals surface area contributed by atoms with Crippen LogP contribution in [-0.4, -0.2) is 24.9 Å². The number of hydrogen-bond acceptors (Lipinski definition) is 2. The Morgan fingerprint density at radius 2 is 2.00 bits per heavy atom. The van der Waals surface area contributed by atoms with Gasteiger partial charge in [0, 0.05) is 11.9 Å². The molecule has 1 aliphatic carbocycles. The summed E-state index contributed by atoms with van der Waals surface area (Å²) in [6.45, 7) is 0. The molecule has 1 aliphatic rings. The second kappa shape index (κ2) is 7.53. The van der Waals surface area contributed by atoms with Crippen molar-refractivity contribution in [2.45, 2.75) is 38.1 Å². The monoisotopic (exact) mass is 295 g/mol. The van der Waals surface area contributed by atoms with Crippen LogP contribution in [0.5, 0.6) is 5.75 Å².